The van der Waals surface area contributed by atoms with Gasteiger partial charge in [-0.1, -0.05) is 38.0 Å². The minimum Gasteiger partial charge on any atom is -0.349 e. The minimum atomic E-state index is -0.300. The molecule has 6 heteroatoms. The maximum absolute atomic E-state index is 12.5. The first-order valence-corrected chi connectivity index (χ1v) is 7.67. The predicted molar refractivity (Wildman–Crippen MR) is 86.9 cm³/mol. The summed E-state index contributed by atoms with van der Waals surface area (Å²) in [4.78, 5) is 24.7. The quantitative estimate of drug-likeness (QED) is 0.754. The molecule has 2 rings (SSSR count). The van der Waals surface area contributed by atoms with E-state index < -0.39 is 0 Å². The van der Waals surface area contributed by atoms with Crippen LogP contribution in [0.1, 0.15) is 36.7 Å². The highest BCUT2D eigenvalue weighted by molar-refractivity contribution is 6.04. The lowest BCUT2D eigenvalue weighted by Gasteiger charge is -2.11. The minimum absolute atomic E-state index is 0.151. The molecule has 118 valence electrons. The van der Waals surface area contributed by atoms with Crippen LogP contribution in [0.2, 0.25) is 0 Å². The predicted octanol–water partition coefficient (Wildman–Crippen LogP) is 1.28. The van der Waals surface area contributed by atoms with Crippen LogP contribution in [0.25, 0.3) is 10.8 Å². The average molecular weight is 302 g/mol. The van der Waals surface area contributed by atoms with Crippen LogP contribution in [0.3, 0.4) is 0 Å². The van der Waals surface area contributed by atoms with Crippen molar-refractivity contribution in [2.24, 2.45) is 5.73 Å². The second-order valence-electron chi connectivity index (χ2n) is 5.17. The third-order valence-corrected chi connectivity index (χ3v) is 3.49. The molecule has 1 aromatic carbocycles. The van der Waals surface area contributed by atoms with Crippen molar-refractivity contribution in [2.75, 3.05) is 13.1 Å². The lowest BCUT2D eigenvalue weighted by Crippen LogP contribution is -2.33. The molecule has 0 aliphatic heterocycles. The molecule has 0 saturated heterocycles. The standard InChI is InChI=1S/C16H22N4O2/c1-2-3-6-11-20-16(22)13-8-5-4-7-12(13)14(19-20)15(21)18-10-9-17/h4-5,7-8H,2-3,6,9-11,17H2,1H3,(H,18,21). The van der Waals surface area contributed by atoms with Crippen molar-refractivity contribution in [2.45, 2.75) is 32.7 Å². The van der Waals surface area contributed by atoms with Gasteiger partial charge in [0.05, 0.1) is 5.39 Å². The summed E-state index contributed by atoms with van der Waals surface area (Å²) >= 11 is 0. The van der Waals surface area contributed by atoms with E-state index in [4.69, 9.17) is 5.73 Å². The Hall–Kier alpha value is -2.21. The molecule has 0 spiro atoms. The molecular formula is C16H22N4O2. The zero-order chi connectivity index (χ0) is 15.9. The summed E-state index contributed by atoms with van der Waals surface area (Å²) in [6.07, 6.45) is 2.95. The second-order valence-corrected chi connectivity index (χ2v) is 5.17. The molecule has 6 nitrogen and oxygen atoms in total. The normalized spacial score (nSPS) is 10.8. The molecule has 0 aliphatic rings. The zero-order valence-electron chi connectivity index (χ0n) is 12.8. The van der Waals surface area contributed by atoms with E-state index in [-0.39, 0.29) is 17.2 Å². The lowest BCUT2D eigenvalue weighted by atomic mass is 10.1. The molecule has 1 aromatic heterocycles. The maximum atomic E-state index is 12.5. The van der Waals surface area contributed by atoms with E-state index in [1.807, 2.05) is 0 Å². The van der Waals surface area contributed by atoms with Crippen LogP contribution in [-0.2, 0) is 6.54 Å². The third-order valence-electron chi connectivity index (χ3n) is 3.49. The van der Waals surface area contributed by atoms with Gasteiger partial charge in [0.25, 0.3) is 11.5 Å². The van der Waals surface area contributed by atoms with Crippen molar-refractivity contribution in [3.63, 3.8) is 0 Å². The van der Waals surface area contributed by atoms with Crippen molar-refractivity contribution in [1.82, 2.24) is 15.1 Å². The summed E-state index contributed by atoms with van der Waals surface area (Å²) < 4.78 is 1.40. The molecule has 0 aliphatic carbocycles. The Balaban J connectivity index is 2.46. The first kappa shape index (κ1) is 16.2. The number of amides is 1. The number of aryl methyl sites for hydroxylation is 1. The van der Waals surface area contributed by atoms with Gasteiger partial charge in [-0.3, -0.25) is 9.59 Å². The van der Waals surface area contributed by atoms with E-state index in [0.29, 0.717) is 30.4 Å². The van der Waals surface area contributed by atoms with Gasteiger partial charge in [0.15, 0.2) is 5.69 Å². The number of carbonyl (C=O) groups excluding carboxylic acids is 1. The number of carbonyl (C=O) groups is 1. The lowest BCUT2D eigenvalue weighted by molar-refractivity contribution is 0.0949. The Morgan fingerprint density at radius 2 is 2.00 bits per heavy atom. The Morgan fingerprint density at radius 3 is 2.68 bits per heavy atom. The van der Waals surface area contributed by atoms with E-state index in [2.05, 4.69) is 17.3 Å². The van der Waals surface area contributed by atoms with Crippen LogP contribution < -0.4 is 16.6 Å². The highest BCUT2D eigenvalue weighted by Gasteiger charge is 2.15. The highest BCUT2D eigenvalue weighted by Crippen LogP contribution is 2.13. The van der Waals surface area contributed by atoms with Gasteiger partial charge in [0.2, 0.25) is 0 Å². The van der Waals surface area contributed by atoms with Crippen molar-refractivity contribution in [3.05, 3.63) is 40.3 Å². The first-order valence-electron chi connectivity index (χ1n) is 7.67. The number of unbranched alkanes of at least 4 members (excludes halogenated alkanes) is 2. The van der Waals surface area contributed by atoms with E-state index in [9.17, 15) is 9.59 Å². The first-order chi connectivity index (χ1) is 10.7. The third kappa shape index (κ3) is 3.51. The van der Waals surface area contributed by atoms with Crippen molar-refractivity contribution in [1.29, 1.82) is 0 Å². The number of nitrogens with two attached hydrogens (primary N) is 1. The Morgan fingerprint density at radius 1 is 1.27 bits per heavy atom. The van der Waals surface area contributed by atoms with E-state index in [0.717, 1.165) is 19.3 Å². The Kier molecular flexibility index (Phi) is 5.66. The molecule has 0 fully saturated rings. The van der Waals surface area contributed by atoms with Gasteiger partial charge >= 0.3 is 0 Å². The fourth-order valence-electron chi connectivity index (χ4n) is 2.34. The molecule has 22 heavy (non-hydrogen) atoms. The van der Waals surface area contributed by atoms with Gasteiger partial charge in [-0.15, -0.1) is 0 Å². The van der Waals surface area contributed by atoms with E-state index in [1.165, 1.54) is 4.68 Å². The topological polar surface area (TPSA) is 90.0 Å². The summed E-state index contributed by atoms with van der Waals surface area (Å²) in [6.45, 7) is 3.36. The second kappa shape index (κ2) is 7.70. The molecule has 0 saturated carbocycles. The van der Waals surface area contributed by atoms with Crippen molar-refractivity contribution < 1.29 is 4.79 Å². The average Bonchev–Trinajstić information content (AvgIpc) is 2.55. The maximum Gasteiger partial charge on any atom is 0.274 e. The van der Waals surface area contributed by atoms with Crippen LogP contribution in [-0.4, -0.2) is 28.8 Å². The van der Waals surface area contributed by atoms with Crippen molar-refractivity contribution in [3.8, 4) is 0 Å². The summed E-state index contributed by atoms with van der Waals surface area (Å²) in [5.41, 5.74) is 5.54. The zero-order valence-corrected chi connectivity index (χ0v) is 12.8. The highest BCUT2D eigenvalue weighted by atomic mass is 16.2. The fourth-order valence-corrected chi connectivity index (χ4v) is 2.34. The summed E-state index contributed by atoms with van der Waals surface area (Å²) in [7, 11) is 0. The molecule has 0 radical (unpaired) electrons. The van der Waals surface area contributed by atoms with Gasteiger partial charge in [-0.05, 0) is 12.5 Å². The summed E-state index contributed by atoms with van der Waals surface area (Å²) in [5, 5.41) is 8.09. The van der Waals surface area contributed by atoms with Gasteiger partial charge < -0.3 is 11.1 Å². The van der Waals surface area contributed by atoms with Crippen molar-refractivity contribution >= 4 is 16.7 Å². The van der Waals surface area contributed by atoms with Gasteiger partial charge in [-0.2, -0.15) is 5.10 Å². The number of fused-ring (bicyclic) bond motifs is 1. The van der Waals surface area contributed by atoms with Crippen LogP contribution in [0.4, 0.5) is 0 Å². The number of benzene rings is 1. The van der Waals surface area contributed by atoms with Crippen LogP contribution in [0.5, 0.6) is 0 Å². The number of aromatic nitrogens is 2. The van der Waals surface area contributed by atoms with Crippen LogP contribution in [0.15, 0.2) is 29.1 Å². The molecule has 0 atom stereocenters. The molecular weight excluding hydrogens is 280 g/mol. The summed E-state index contributed by atoms with van der Waals surface area (Å²) in [6, 6.07) is 7.07. The number of nitrogens with zero attached hydrogens (tertiary/aromatic N) is 2. The van der Waals surface area contributed by atoms with Gasteiger partial charge in [0, 0.05) is 25.0 Å². The number of hydrogen-bond donors (Lipinski definition) is 2. The van der Waals surface area contributed by atoms with E-state index in [1.54, 1.807) is 24.3 Å². The number of hydrogen-bond acceptors (Lipinski definition) is 4. The number of nitrogens with one attached hydrogen (secondary N) is 1. The SMILES string of the molecule is CCCCCn1nc(C(=O)NCCN)c2ccccc2c1=O. The molecule has 1 amide bonds. The smallest absolute Gasteiger partial charge is 0.274 e. The largest absolute Gasteiger partial charge is 0.349 e. The van der Waals surface area contributed by atoms with Gasteiger partial charge in [0.1, 0.15) is 0 Å². The van der Waals surface area contributed by atoms with E-state index >= 15 is 0 Å². The fraction of sp³-hybridized carbons (Fsp3) is 0.438. The van der Waals surface area contributed by atoms with Gasteiger partial charge in [-0.25, -0.2) is 4.68 Å². The number of rotatable bonds is 7. The summed E-state index contributed by atoms with van der Waals surface area (Å²) in [5.74, 6) is -0.300. The molecule has 3 N–H and O–H groups in total. The molecule has 0 bridgehead atoms. The monoisotopic (exact) mass is 302 g/mol. The van der Waals surface area contributed by atoms with Crippen LogP contribution >= 0.6 is 0 Å². The van der Waals surface area contributed by atoms with Crippen LogP contribution in [0, 0.1) is 0 Å². The molecule has 2 aromatic rings. The molecule has 0 unspecified atom stereocenters. The Labute approximate surface area is 129 Å². The Bertz CT molecular complexity index is 709. The molecule has 1 heterocycles.